The number of aliphatic carboxylic acids is 1. The van der Waals surface area contributed by atoms with Crippen LogP contribution in [0.4, 0.5) is 4.79 Å². The van der Waals surface area contributed by atoms with Crippen molar-refractivity contribution in [2.24, 2.45) is 0 Å². The SMILES string of the molecule is CSCCC(NC(=O)NC(C)C(=O)NC(C)C)C(=O)O. The third-order valence-electron chi connectivity index (χ3n) is 2.39. The summed E-state index contributed by atoms with van der Waals surface area (Å²) in [5.41, 5.74) is 0. The quantitative estimate of drug-likeness (QED) is 0.519. The number of hydrogen-bond donors (Lipinski definition) is 4. The van der Waals surface area contributed by atoms with Gasteiger partial charge in [-0.3, -0.25) is 4.79 Å². The van der Waals surface area contributed by atoms with Crippen LogP contribution in [-0.4, -0.2) is 53.1 Å². The number of thioether (sulfide) groups is 1. The van der Waals surface area contributed by atoms with Crippen molar-refractivity contribution in [2.75, 3.05) is 12.0 Å². The van der Waals surface area contributed by atoms with Gasteiger partial charge in [-0.25, -0.2) is 9.59 Å². The third kappa shape index (κ3) is 7.88. The van der Waals surface area contributed by atoms with Crippen LogP contribution in [0.5, 0.6) is 0 Å². The van der Waals surface area contributed by atoms with Crippen LogP contribution in [0.2, 0.25) is 0 Å². The van der Waals surface area contributed by atoms with Crippen molar-refractivity contribution >= 4 is 29.7 Å². The molecule has 0 saturated heterocycles. The van der Waals surface area contributed by atoms with E-state index in [1.165, 1.54) is 18.7 Å². The van der Waals surface area contributed by atoms with Crippen LogP contribution in [0.1, 0.15) is 27.2 Å². The molecule has 0 rings (SSSR count). The molecule has 0 spiro atoms. The molecule has 20 heavy (non-hydrogen) atoms. The molecule has 2 atom stereocenters. The highest BCUT2D eigenvalue weighted by Gasteiger charge is 2.22. The normalized spacial score (nSPS) is 13.4. The molecule has 0 radical (unpaired) electrons. The molecule has 116 valence electrons. The van der Waals surface area contributed by atoms with E-state index in [0.717, 1.165) is 0 Å². The van der Waals surface area contributed by atoms with Crippen molar-refractivity contribution in [3.63, 3.8) is 0 Å². The summed E-state index contributed by atoms with van der Waals surface area (Å²) in [6.45, 7) is 5.16. The van der Waals surface area contributed by atoms with Gasteiger partial charge in [0.15, 0.2) is 0 Å². The van der Waals surface area contributed by atoms with Crippen LogP contribution >= 0.6 is 11.8 Å². The highest BCUT2D eigenvalue weighted by Crippen LogP contribution is 2.01. The highest BCUT2D eigenvalue weighted by molar-refractivity contribution is 7.98. The van der Waals surface area contributed by atoms with Crippen LogP contribution in [0.3, 0.4) is 0 Å². The molecule has 0 aromatic rings. The zero-order chi connectivity index (χ0) is 15.7. The van der Waals surface area contributed by atoms with Gasteiger partial charge in [-0.1, -0.05) is 0 Å². The maximum Gasteiger partial charge on any atom is 0.326 e. The Labute approximate surface area is 123 Å². The number of carbonyl (C=O) groups is 3. The van der Waals surface area contributed by atoms with Crippen molar-refractivity contribution < 1.29 is 19.5 Å². The molecule has 0 aliphatic heterocycles. The zero-order valence-corrected chi connectivity index (χ0v) is 13.0. The lowest BCUT2D eigenvalue weighted by molar-refractivity contribution is -0.139. The van der Waals surface area contributed by atoms with Gasteiger partial charge in [0.05, 0.1) is 0 Å². The summed E-state index contributed by atoms with van der Waals surface area (Å²) in [7, 11) is 0. The second kappa shape index (κ2) is 9.46. The summed E-state index contributed by atoms with van der Waals surface area (Å²) in [6, 6.07) is -2.37. The first kappa shape index (κ1) is 18.6. The Hall–Kier alpha value is -1.44. The van der Waals surface area contributed by atoms with E-state index >= 15 is 0 Å². The fourth-order valence-corrected chi connectivity index (χ4v) is 1.84. The van der Waals surface area contributed by atoms with E-state index in [4.69, 9.17) is 5.11 Å². The Morgan fingerprint density at radius 1 is 1.10 bits per heavy atom. The second-order valence-corrected chi connectivity index (χ2v) is 5.66. The monoisotopic (exact) mass is 305 g/mol. The molecule has 0 aromatic carbocycles. The predicted molar refractivity (Wildman–Crippen MR) is 78.8 cm³/mol. The van der Waals surface area contributed by atoms with Crippen molar-refractivity contribution in [2.45, 2.75) is 45.3 Å². The van der Waals surface area contributed by atoms with Gasteiger partial charge in [-0.2, -0.15) is 11.8 Å². The first-order chi connectivity index (χ1) is 9.27. The second-order valence-electron chi connectivity index (χ2n) is 4.68. The molecule has 4 N–H and O–H groups in total. The molecule has 0 aromatic heterocycles. The number of amides is 3. The Morgan fingerprint density at radius 3 is 2.15 bits per heavy atom. The fraction of sp³-hybridized carbons (Fsp3) is 0.750. The summed E-state index contributed by atoms with van der Waals surface area (Å²) in [5, 5.41) is 16.4. The molecule has 2 unspecified atom stereocenters. The van der Waals surface area contributed by atoms with E-state index < -0.39 is 24.1 Å². The van der Waals surface area contributed by atoms with E-state index in [-0.39, 0.29) is 11.9 Å². The van der Waals surface area contributed by atoms with Gasteiger partial charge in [0.25, 0.3) is 0 Å². The Bertz CT molecular complexity index is 350. The first-order valence-electron chi connectivity index (χ1n) is 6.37. The molecular formula is C12H23N3O4S. The number of hydrogen-bond acceptors (Lipinski definition) is 4. The fourth-order valence-electron chi connectivity index (χ4n) is 1.36. The molecule has 7 nitrogen and oxygen atoms in total. The number of rotatable bonds is 8. The van der Waals surface area contributed by atoms with E-state index in [0.29, 0.717) is 12.2 Å². The Kier molecular flexibility index (Phi) is 8.78. The number of carboxylic acid groups (broad SMARTS) is 1. The lowest BCUT2D eigenvalue weighted by atomic mass is 10.2. The average Bonchev–Trinajstić information content (AvgIpc) is 2.32. The highest BCUT2D eigenvalue weighted by atomic mass is 32.2. The maximum atomic E-state index is 11.6. The predicted octanol–water partition coefficient (Wildman–Crippen LogP) is 0.405. The summed E-state index contributed by atoms with van der Waals surface area (Å²) >= 11 is 1.50. The summed E-state index contributed by atoms with van der Waals surface area (Å²) in [5.74, 6) is -0.777. The van der Waals surface area contributed by atoms with Gasteiger partial charge < -0.3 is 21.1 Å². The van der Waals surface area contributed by atoms with Gasteiger partial charge in [0.2, 0.25) is 5.91 Å². The minimum atomic E-state index is -1.09. The lowest BCUT2D eigenvalue weighted by Gasteiger charge is -2.19. The zero-order valence-electron chi connectivity index (χ0n) is 12.2. The topological polar surface area (TPSA) is 108 Å². The minimum Gasteiger partial charge on any atom is -0.480 e. The summed E-state index contributed by atoms with van der Waals surface area (Å²) in [6.07, 6.45) is 2.19. The maximum absolute atomic E-state index is 11.6. The molecule has 3 amide bonds. The number of carbonyl (C=O) groups excluding carboxylic acids is 2. The van der Waals surface area contributed by atoms with E-state index in [9.17, 15) is 14.4 Å². The molecule has 0 saturated carbocycles. The number of nitrogens with one attached hydrogen (secondary N) is 3. The minimum absolute atomic E-state index is 0.0249. The largest absolute Gasteiger partial charge is 0.480 e. The van der Waals surface area contributed by atoms with Crippen LogP contribution in [-0.2, 0) is 9.59 Å². The van der Waals surface area contributed by atoms with E-state index in [2.05, 4.69) is 16.0 Å². The van der Waals surface area contributed by atoms with Crippen LogP contribution in [0.15, 0.2) is 0 Å². The third-order valence-corrected chi connectivity index (χ3v) is 3.03. The molecule has 8 heteroatoms. The Morgan fingerprint density at radius 2 is 1.70 bits per heavy atom. The summed E-state index contributed by atoms with van der Waals surface area (Å²) in [4.78, 5) is 34.2. The molecule has 0 heterocycles. The number of urea groups is 1. The van der Waals surface area contributed by atoms with Gasteiger partial charge in [-0.05, 0) is 39.2 Å². The van der Waals surface area contributed by atoms with Gasteiger partial charge in [-0.15, -0.1) is 0 Å². The molecule has 0 fully saturated rings. The van der Waals surface area contributed by atoms with Gasteiger partial charge in [0, 0.05) is 6.04 Å². The molecular weight excluding hydrogens is 282 g/mol. The van der Waals surface area contributed by atoms with Crippen molar-refractivity contribution in [3.05, 3.63) is 0 Å². The molecule has 0 aliphatic rings. The van der Waals surface area contributed by atoms with E-state index in [1.54, 1.807) is 0 Å². The summed E-state index contributed by atoms with van der Waals surface area (Å²) < 4.78 is 0. The van der Waals surface area contributed by atoms with Crippen LogP contribution in [0, 0.1) is 0 Å². The van der Waals surface area contributed by atoms with Crippen molar-refractivity contribution in [1.82, 2.24) is 16.0 Å². The smallest absolute Gasteiger partial charge is 0.326 e. The van der Waals surface area contributed by atoms with Gasteiger partial charge in [0.1, 0.15) is 12.1 Å². The number of carboxylic acids is 1. The van der Waals surface area contributed by atoms with Gasteiger partial charge >= 0.3 is 12.0 Å². The lowest BCUT2D eigenvalue weighted by Crippen LogP contribution is -2.53. The van der Waals surface area contributed by atoms with Crippen LogP contribution in [0.25, 0.3) is 0 Å². The average molecular weight is 305 g/mol. The van der Waals surface area contributed by atoms with Crippen LogP contribution < -0.4 is 16.0 Å². The first-order valence-corrected chi connectivity index (χ1v) is 7.76. The molecule has 0 bridgehead atoms. The van der Waals surface area contributed by atoms with E-state index in [1.807, 2.05) is 20.1 Å². The van der Waals surface area contributed by atoms with Crippen molar-refractivity contribution in [3.8, 4) is 0 Å². The standard InChI is InChI=1S/C12H23N3O4S/c1-7(2)13-10(16)8(3)14-12(19)15-9(11(17)18)5-6-20-4/h7-9H,5-6H2,1-4H3,(H,13,16)(H,17,18)(H2,14,15,19). The molecule has 0 aliphatic carbocycles. The Balaban J connectivity index is 4.30. The van der Waals surface area contributed by atoms with Crippen molar-refractivity contribution in [1.29, 1.82) is 0 Å².